The number of hydrogen-bond donors (Lipinski definition) is 1. The summed E-state index contributed by atoms with van der Waals surface area (Å²) in [5, 5.41) is 2.78. The Morgan fingerprint density at radius 2 is 2.00 bits per heavy atom. The molecule has 0 saturated carbocycles. The number of hydrogen-bond acceptors (Lipinski definition) is 4. The van der Waals surface area contributed by atoms with Crippen molar-refractivity contribution >= 4 is 11.9 Å². The van der Waals surface area contributed by atoms with Crippen molar-refractivity contribution in [2.75, 3.05) is 19.8 Å². The molecule has 1 aliphatic carbocycles. The molecule has 0 bridgehead atoms. The van der Waals surface area contributed by atoms with E-state index < -0.39 is 5.97 Å². The second-order valence-electron chi connectivity index (χ2n) is 6.12. The molecule has 0 spiro atoms. The van der Waals surface area contributed by atoms with Crippen molar-refractivity contribution in [2.24, 2.45) is 0 Å². The fourth-order valence-corrected chi connectivity index (χ4v) is 2.81. The van der Waals surface area contributed by atoms with Gasteiger partial charge in [-0.1, -0.05) is 36.8 Å². The first-order valence-electron chi connectivity index (χ1n) is 9.00. The van der Waals surface area contributed by atoms with Gasteiger partial charge in [0.1, 0.15) is 5.75 Å². The summed E-state index contributed by atoms with van der Waals surface area (Å²) >= 11 is 0. The zero-order chi connectivity index (χ0) is 17.9. The lowest BCUT2D eigenvalue weighted by Crippen LogP contribution is -2.30. The topological polar surface area (TPSA) is 64.6 Å². The van der Waals surface area contributed by atoms with Crippen LogP contribution in [0.4, 0.5) is 0 Å². The Morgan fingerprint density at radius 1 is 1.16 bits per heavy atom. The molecular weight excluding hydrogens is 318 g/mol. The van der Waals surface area contributed by atoms with E-state index in [0.717, 1.165) is 31.2 Å². The number of rotatable bonds is 9. The third-order valence-corrected chi connectivity index (χ3v) is 4.22. The van der Waals surface area contributed by atoms with E-state index >= 15 is 0 Å². The van der Waals surface area contributed by atoms with Crippen molar-refractivity contribution < 1.29 is 19.1 Å². The minimum atomic E-state index is -0.545. The van der Waals surface area contributed by atoms with E-state index in [0.29, 0.717) is 12.3 Å². The Kier molecular flexibility index (Phi) is 8.02. The number of aryl methyl sites for hydroxylation is 1. The van der Waals surface area contributed by atoms with Crippen molar-refractivity contribution in [1.29, 1.82) is 0 Å². The van der Waals surface area contributed by atoms with Gasteiger partial charge in [0, 0.05) is 6.54 Å². The smallest absolute Gasteiger partial charge is 0.344 e. The summed E-state index contributed by atoms with van der Waals surface area (Å²) in [6.07, 6.45) is 8.72. The predicted molar refractivity (Wildman–Crippen MR) is 96.5 cm³/mol. The van der Waals surface area contributed by atoms with Gasteiger partial charge in [-0.05, 0) is 50.2 Å². The van der Waals surface area contributed by atoms with Gasteiger partial charge in [0.2, 0.25) is 0 Å². The quantitative estimate of drug-likeness (QED) is 0.551. The van der Waals surface area contributed by atoms with Crippen LogP contribution in [0.15, 0.2) is 35.9 Å². The molecule has 1 aliphatic rings. The highest BCUT2D eigenvalue weighted by atomic mass is 16.6. The number of esters is 1. The van der Waals surface area contributed by atoms with Crippen molar-refractivity contribution in [3.8, 4) is 5.75 Å². The number of amides is 1. The van der Waals surface area contributed by atoms with Crippen LogP contribution in [-0.4, -0.2) is 31.6 Å². The Bertz CT molecular complexity index is 609. The highest BCUT2D eigenvalue weighted by Gasteiger charge is 2.10. The highest BCUT2D eigenvalue weighted by Crippen LogP contribution is 2.19. The van der Waals surface area contributed by atoms with Crippen LogP contribution in [0.2, 0.25) is 0 Å². The average molecular weight is 345 g/mol. The van der Waals surface area contributed by atoms with E-state index in [1.54, 1.807) is 0 Å². The molecule has 0 heterocycles. The lowest BCUT2D eigenvalue weighted by Gasteiger charge is -2.13. The second-order valence-corrected chi connectivity index (χ2v) is 6.12. The van der Waals surface area contributed by atoms with Crippen molar-refractivity contribution in [3.05, 3.63) is 41.5 Å². The lowest BCUT2D eigenvalue weighted by atomic mass is 9.97. The molecule has 5 nitrogen and oxygen atoms in total. The van der Waals surface area contributed by atoms with Gasteiger partial charge >= 0.3 is 5.97 Å². The van der Waals surface area contributed by atoms with Crippen LogP contribution in [-0.2, 0) is 20.7 Å². The largest absolute Gasteiger partial charge is 0.482 e. The molecule has 0 radical (unpaired) electrons. The van der Waals surface area contributed by atoms with Gasteiger partial charge in [0.25, 0.3) is 5.91 Å². The molecule has 1 amide bonds. The molecule has 0 fully saturated rings. The van der Waals surface area contributed by atoms with Gasteiger partial charge in [-0.2, -0.15) is 0 Å². The Hall–Kier alpha value is -2.30. The summed E-state index contributed by atoms with van der Waals surface area (Å²) in [7, 11) is 0. The molecule has 136 valence electrons. The molecule has 0 atom stereocenters. The van der Waals surface area contributed by atoms with E-state index in [-0.39, 0.29) is 19.1 Å². The zero-order valence-corrected chi connectivity index (χ0v) is 14.9. The first-order valence-corrected chi connectivity index (χ1v) is 9.00. The molecular formula is C20H27NO4. The summed E-state index contributed by atoms with van der Waals surface area (Å²) in [4.78, 5) is 23.4. The zero-order valence-electron chi connectivity index (χ0n) is 14.9. The third-order valence-electron chi connectivity index (χ3n) is 4.22. The average Bonchev–Trinajstić information content (AvgIpc) is 2.65. The van der Waals surface area contributed by atoms with Gasteiger partial charge in [0.05, 0.1) is 0 Å². The predicted octanol–water partition coefficient (Wildman–Crippen LogP) is 3.18. The Morgan fingerprint density at radius 3 is 2.76 bits per heavy atom. The first kappa shape index (κ1) is 19.0. The minimum absolute atomic E-state index is 0.197. The number of carbonyl (C=O) groups is 2. The summed E-state index contributed by atoms with van der Waals surface area (Å²) < 4.78 is 10.4. The molecule has 1 aromatic carbocycles. The SMILES string of the molecule is CCc1ccccc1OCC(=O)OCC(=O)NCCC1=CCCCC1. The van der Waals surface area contributed by atoms with Gasteiger partial charge in [0.15, 0.2) is 13.2 Å². The molecule has 0 aliphatic heterocycles. The van der Waals surface area contributed by atoms with Gasteiger partial charge < -0.3 is 14.8 Å². The van der Waals surface area contributed by atoms with Gasteiger partial charge in [-0.3, -0.25) is 4.79 Å². The van der Waals surface area contributed by atoms with E-state index in [1.165, 1.54) is 18.4 Å². The van der Waals surface area contributed by atoms with Crippen molar-refractivity contribution in [2.45, 2.75) is 45.4 Å². The normalized spacial score (nSPS) is 13.7. The summed E-state index contributed by atoms with van der Waals surface area (Å²) in [5.41, 5.74) is 2.44. The summed E-state index contributed by atoms with van der Waals surface area (Å²) in [6, 6.07) is 7.56. The van der Waals surface area contributed by atoms with Crippen LogP contribution >= 0.6 is 0 Å². The summed E-state index contributed by atoms with van der Waals surface area (Å²) in [6.45, 7) is 2.14. The van der Waals surface area contributed by atoms with E-state index in [1.807, 2.05) is 31.2 Å². The number of para-hydroxylation sites is 1. The molecule has 25 heavy (non-hydrogen) atoms. The van der Waals surface area contributed by atoms with Crippen molar-refractivity contribution in [3.63, 3.8) is 0 Å². The van der Waals surface area contributed by atoms with Crippen molar-refractivity contribution in [1.82, 2.24) is 5.32 Å². The maximum atomic E-state index is 11.7. The molecule has 0 aromatic heterocycles. The fourth-order valence-electron chi connectivity index (χ4n) is 2.81. The molecule has 1 N–H and O–H groups in total. The van der Waals surface area contributed by atoms with Gasteiger partial charge in [-0.15, -0.1) is 0 Å². The lowest BCUT2D eigenvalue weighted by molar-refractivity contribution is -0.150. The molecule has 2 rings (SSSR count). The highest BCUT2D eigenvalue weighted by molar-refractivity contribution is 5.80. The Labute approximate surface area is 149 Å². The van der Waals surface area contributed by atoms with Crippen LogP contribution in [0.25, 0.3) is 0 Å². The first-order chi connectivity index (χ1) is 12.2. The Balaban J connectivity index is 1.60. The van der Waals surface area contributed by atoms with E-state index in [4.69, 9.17) is 9.47 Å². The van der Waals surface area contributed by atoms with E-state index in [2.05, 4.69) is 11.4 Å². The van der Waals surface area contributed by atoms with Gasteiger partial charge in [-0.25, -0.2) is 4.79 Å². The number of nitrogens with one attached hydrogen (secondary N) is 1. The second kappa shape index (κ2) is 10.5. The number of allylic oxidation sites excluding steroid dienone is 1. The number of ether oxygens (including phenoxy) is 2. The standard InChI is InChI=1S/C20H27NO4/c1-2-17-10-6-7-11-18(17)24-15-20(23)25-14-19(22)21-13-12-16-8-4-3-5-9-16/h6-8,10-11H,2-5,9,12-15H2,1H3,(H,21,22). The molecule has 1 aromatic rings. The number of carbonyl (C=O) groups excluding carboxylic acids is 2. The van der Waals surface area contributed by atoms with Crippen LogP contribution in [0.3, 0.4) is 0 Å². The maximum absolute atomic E-state index is 11.7. The third kappa shape index (κ3) is 6.99. The maximum Gasteiger partial charge on any atom is 0.344 e. The van der Waals surface area contributed by atoms with Crippen LogP contribution in [0, 0.1) is 0 Å². The number of benzene rings is 1. The monoisotopic (exact) mass is 345 g/mol. The molecule has 5 heteroatoms. The summed E-state index contributed by atoms with van der Waals surface area (Å²) in [5.74, 6) is -0.151. The van der Waals surface area contributed by atoms with Crippen LogP contribution < -0.4 is 10.1 Å². The molecule has 0 saturated heterocycles. The molecule has 0 unspecified atom stereocenters. The van der Waals surface area contributed by atoms with Crippen LogP contribution in [0.5, 0.6) is 5.75 Å². The fraction of sp³-hybridized carbons (Fsp3) is 0.500. The van der Waals surface area contributed by atoms with E-state index in [9.17, 15) is 9.59 Å². The minimum Gasteiger partial charge on any atom is -0.482 e. The van der Waals surface area contributed by atoms with Crippen LogP contribution in [0.1, 0.15) is 44.6 Å².